The van der Waals surface area contributed by atoms with E-state index in [0.717, 1.165) is 11.8 Å². The summed E-state index contributed by atoms with van der Waals surface area (Å²) in [5, 5.41) is 3.60. The van der Waals surface area contributed by atoms with Gasteiger partial charge in [-0.15, -0.1) is 0 Å². The van der Waals surface area contributed by atoms with E-state index in [4.69, 9.17) is 0 Å². The molecule has 0 fully saturated rings. The van der Waals surface area contributed by atoms with Gasteiger partial charge in [0.25, 0.3) is 0 Å². The Morgan fingerprint density at radius 2 is 1.12 bits per heavy atom. The Morgan fingerprint density at radius 1 is 0.706 bits per heavy atom. The zero-order chi connectivity index (χ0) is 12.9. The molecule has 0 radical (unpaired) electrons. The van der Waals surface area contributed by atoms with Crippen molar-refractivity contribution in [2.24, 2.45) is 11.8 Å². The van der Waals surface area contributed by atoms with Gasteiger partial charge in [0.15, 0.2) is 0 Å². The van der Waals surface area contributed by atoms with Gasteiger partial charge >= 0.3 is 0 Å². The maximum Gasteiger partial charge on any atom is -0.00464 e. The fourth-order valence-electron chi connectivity index (χ4n) is 2.22. The van der Waals surface area contributed by atoms with Crippen molar-refractivity contribution < 1.29 is 0 Å². The van der Waals surface area contributed by atoms with Crippen molar-refractivity contribution >= 4 is 0 Å². The molecule has 0 aromatic carbocycles. The van der Waals surface area contributed by atoms with Crippen molar-refractivity contribution in [3.63, 3.8) is 0 Å². The molecule has 0 rings (SSSR count). The molecule has 1 N–H and O–H groups in total. The number of hydrogen-bond donors (Lipinski definition) is 1. The van der Waals surface area contributed by atoms with Gasteiger partial charge in [-0.2, -0.15) is 0 Å². The first-order chi connectivity index (χ1) is 8.20. The quantitative estimate of drug-likeness (QED) is 0.474. The van der Waals surface area contributed by atoms with E-state index in [2.05, 4.69) is 33.0 Å². The van der Waals surface area contributed by atoms with Gasteiger partial charge in [-0.1, -0.05) is 66.2 Å². The van der Waals surface area contributed by atoms with E-state index < -0.39 is 0 Å². The van der Waals surface area contributed by atoms with Gasteiger partial charge in [0.05, 0.1) is 0 Å². The Kier molecular flexibility index (Phi) is 12.4. The van der Waals surface area contributed by atoms with E-state index in [1.807, 2.05) is 0 Å². The Labute approximate surface area is 110 Å². The predicted molar refractivity (Wildman–Crippen MR) is 79.5 cm³/mol. The third-order valence-corrected chi connectivity index (χ3v) is 3.73. The summed E-state index contributed by atoms with van der Waals surface area (Å²) in [7, 11) is 0. The molecule has 1 nitrogen and oxygen atoms in total. The molecule has 0 heterocycles. The summed E-state index contributed by atoms with van der Waals surface area (Å²) in [5.74, 6) is 1.81. The highest BCUT2D eigenvalue weighted by Gasteiger charge is 2.02. The van der Waals surface area contributed by atoms with Crippen molar-refractivity contribution in [1.29, 1.82) is 0 Å². The molecule has 2 unspecified atom stereocenters. The SMILES string of the molecule is CCCCC(C)CCNCCC(C)CCCC. The summed E-state index contributed by atoms with van der Waals surface area (Å²) >= 11 is 0. The van der Waals surface area contributed by atoms with E-state index in [0.29, 0.717) is 0 Å². The lowest BCUT2D eigenvalue weighted by molar-refractivity contribution is 0.425. The molecule has 0 saturated carbocycles. The molecule has 0 saturated heterocycles. The molecule has 0 aromatic heterocycles. The van der Waals surface area contributed by atoms with Gasteiger partial charge in [-0.3, -0.25) is 0 Å². The van der Waals surface area contributed by atoms with Crippen molar-refractivity contribution in [3.05, 3.63) is 0 Å². The summed E-state index contributed by atoms with van der Waals surface area (Å²) < 4.78 is 0. The summed E-state index contributed by atoms with van der Waals surface area (Å²) in [4.78, 5) is 0. The lowest BCUT2D eigenvalue weighted by atomic mass is 10.00. The molecule has 0 aliphatic carbocycles. The second kappa shape index (κ2) is 12.4. The smallest absolute Gasteiger partial charge is 0.00464 e. The lowest BCUT2D eigenvalue weighted by Crippen LogP contribution is -2.20. The van der Waals surface area contributed by atoms with Crippen molar-refractivity contribution in [3.8, 4) is 0 Å². The van der Waals surface area contributed by atoms with Crippen molar-refractivity contribution in [1.82, 2.24) is 5.32 Å². The topological polar surface area (TPSA) is 12.0 Å². The van der Waals surface area contributed by atoms with Gasteiger partial charge in [-0.05, 0) is 37.8 Å². The maximum absolute atomic E-state index is 3.60. The summed E-state index contributed by atoms with van der Waals surface area (Å²) in [5.41, 5.74) is 0. The third-order valence-electron chi connectivity index (χ3n) is 3.73. The second-order valence-corrected chi connectivity index (χ2v) is 5.82. The van der Waals surface area contributed by atoms with Gasteiger partial charge in [0.1, 0.15) is 0 Å². The van der Waals surface area contributed by atoms with Crippen LogP contribution < -0.4 is 5.32 Å². The first-order valence-corrected chi connectivity index (χ1v) is 7.91. The molecule has 0 spiro atoms. The van der Waals surface area contributed by atoms with E-state index >= 15 is 0 Å². The molecule has 17 heavy (non-hydrogen) atoms. The Morgan fingerprint density at radius 3 is 1.47 bits per heavy atom. The highest BCUT2D eigenvalue weighted by atomic mass is 14.8. The highest BCUT2D eigenvalue weighted by Crippen LogP contribution is 2.12. The van der Waals surface area contributed by atoms with Crippen LogP contribution in [0.4, 0.5) is 0 Å². The van der Waals surface area contributed by atoms with Crippen LogP contribution in [0.3, 0.4) is 0 Å². The van der Waals surface area contributed by atoms with E-state index in [-0.39, 0.29) is 0 Å². The van der Waals surface area contributed by atoms with Crippen LogP contribution in [0.1, 0.15) is 79.1 Å². The summed E-state index contributed by atoms with van der Waals surface area (Å²) in [6, 6.07) is 0. The van der Waals surface area contributed by atoms with Gasteiger partial charge in [-0.25, -0.2) is 0 Å². The van der Waals surface area contributed by atoms with Crippen LogP contribution in [0, 0.1) is 11.8 Å². The number of rotatable bonds is 12. The molecular weight excluding hydrogens is 206 g/mol. The molecule has 0 aromatic rings. The molecule has 0 aliphatic rings. The average molecular weight is 241 g/mol. The molecule has 0 amide bonds. The fourth-order valence-corrected chi connectivity index (χ4v) is 2.22. The van der Waals surface area contributed by atoms with Crippen molar-refractivity contribution in [2.75, 3.05) is 13.1 Å². The third kappa shape index (κ3) is 12.2. The van der Waals surface area contributed by atoms with Crippen LogP contribution in [-0.2, 0) is 0 Å². The number of nitrogens with one attached hydrogen (secondary N) is 1. The first-order valence-electron chi connectivity index (χ1n) is 7.91. The van der Waals surface area contributed by atoms with Crippen LogP contribution >= 0.6 is 0 Å². The Hall–Kier alpha value is -0.0400. The predicted octanol–water partition coefficient (Wildman–Crippen LogP) is 5.01. The Balaban J connectivity index is 3.22. The van der Waals surface area contributed by atoms with Crippen LogP contribution in [0.5, 0.6) is 0 Å². The van der Waals surface area contributed by atoms with Gasteiger partial charge in [0.2, 0.25) is 0 Å². The minimum Gasteiger partial charge on any atom is -0.317 e. The standard InChI is InChI=1S/C16H35N/c1-5-7-9-15(3)11-13-17-14-12-16(4)10-8-6-2/h15-17H,5-14H2,1-4H3. The van der Waals surface area contributed by atoms with Gasteiger partial charge in [0, 0.05) is 0 Å². The highest BCUT2D eigenvalue weighted by molar-refractivity contribution is 4.59. The molecule has 104 valence electrons. The number of hydrogen-bond acceptors (Lipinski definition) is 1. The van der Waals surface area contributed by atoms with Crippen LogP contribution in [0.25, 0.3) is 0 Å². The maximum atomic E-state index is 3.60. The average Bonchev–Trinajstić information content (AvgIpc) is 2.33. The van der Waals surface area contributed by atoms with Crippen LogP contribution in [0.15, 0.2) is 0 Å². The zero-order valence-corrected chi connectivity index (χ0v) is 12.7. The van der Waals surface area contributed by atoms with E-state index in [1.165, 1.54) is 64.5 Å². The fraction of sp³-hybridized carbons (Fsp3) is 1.00. The van der Waals surface area contributed by atoms with Crippen molar-refractivity contribution in [2.45, 2.75) is 79.1 Å². The summed E-state index contributed by atoms with van der Waals surface area (Å²) in [6.45, 7) is 11.8. The number of unbranched alkanes of at least 4 members (excludes halogenated alkanes) is 2. The largest absolute Gasteiger partial charge is 0.317 e. The van der Waals surface area contributed by atoms with Crippen LogP contribution in [0.2, 0.25) is 0 Å². The van der Waals surface area contributed by atoms with Gasteiger partial charge < -0.3 is 5.32 Å². The summed E-state index contributed by atoms with van der Waals surface area (Å²) in [6.07, 6.45) is 11.0. The normalized spacial score (nSPS) is 14.8. The minimum absolute atomic E-state index is 0.903. The van der Waals surface area contributed by atoms with Crippen LogP contribution in [-0.4, -0.2) is 13.1 Å². The lowest BCUT2D eigenvalue weighted by Gasteiger charge is -2.13. The second-order valence-electron chi connectivity index (χ2n) is 5.82. The zero-order valence-electron chi connectivity index (χ0n) is 12.7. The molecule has 0 bridgehead atoms. The molecular formula is C16H35N. The Bertz CT molecular complexity index is 128. The monoisotopic (exact) mass is 241 g/mol. The molecule has 1 heteroatoms. The first kappa shape index (κ1) is 17.0. The minimum atomic E-state index is 0.903. The van der Waals surface area contributed by atoms with E-state index in [1.54, 1.807) is 0 Å². The molecule has 0 aliphatic heterocycles. The van der Waals surface area contributed by atoms with E-state index in [9.17, 15) is 0 Å². The molecule has 2 atom stereocenters.